The quantitative estimate of drug-likeness (QED) is 0.441. The molecule has 5 heteroatoms. The van der Waals surface area contributed by atoms with Gasteiger partial charge in [-0.1, -0.05) is 48.5 Å². The average molecular weight is 401 g/mol. The van der Waals surface area contributed by atoms with Crippen LogP contribution in [0.1, 0.15) is 15.9 Å². The fourth-order valence-corrected chi connectivity index (χ4v) is 3.77. The summed E-state index contributed by atoms with van der Waals surface area (Å²) in [6.07, 6.45) is 0.611. The molecule has 0 spiro atoms. The topological polar surface area (TPSA) is 55.8 Å². The van der Waals surface area contributed by atoms with Crippen LogP contribution in [0, 0.1) is 5.92 Å². The number of nitrogens with zero attached hydrogens (tertiary/aromatic N) is 1. The van der Waals surface area contributed by atoms with Crippen LogP contribution in [-0.4, -0.2) is 31.6 Å². The van der Waals surface area contributed by atoms with E-state index in [-0.39, 0.29) is 30.4 Å². The molecule has 1 aliphatic heterocycles. The molecule has 0 unspecified atom stereocenters. The molecule has 3 aromatic carbocycles. The standard InChI is InChI=1S/C25H23NO4/c1-29-21-14-12-20(13-15-21)26-23(17-30-25(28)19-10-6-3-7-11-19)22(24(26)27)16-18-8-4-2-5-9-18/h2-15,22-23H,16-17H2,1H3/t22-,23+/m0/s1. The van der Waals surface area contributed by atoms with E-state index in [0.717, 1.165) is 17.0 Å². The van der Waals surface area contributed by atoms with Gasteiger partial charge in [-0.05, 0) is 48.4 Å². The summed E-state index contributed by atoms with van der Waals surface area (Å²) in [5.74, 6) is 0.130. The fraction of sp³-hybridized carbons (Fsp3) is 0.200. The zero-order chi connectivity index (χ0) is 20.9. The van der Waals surface area contributed by atoms with Gasteiger partial charge in [-0.25, -0.2) is 4.79 Å². The molecule has 5 nitrogen and oxygen atoms in total. The van der Waals surface area contributed by atoms with E-state index in [9.17, 15) is 9.59 Å². The molecule has 4 rings (SSSR count). The molecule has 1 aliphatic rings. The number of β-lactam (4-membered cyclic amide) rings is 1. The first kappa shape index (κ1) is 19.7. The first-order valence-corrected chi connectivity index (χ1v) is 9.90. The van der Waals surface area contributed by atoms with Crippen LogP contribution in [-0.2, 0) is 16.0 Å². The normalized spacial score (nSPS) is 17.9. The molecule has 2 atom stereocenters. The number of rotatable bonds is 7. The monoisotopic (exact) mass is 401 g/mol. The molecule has 0 bridgehead atoms. The van der Waals surface area contributed by atoms with Crippen molar-refractivity contribution < 1.29 is 19.1 Å². The largest absolute Gasteiger partial charge is 0.497 e. The molecule has 1 amide bonds. The van der Waals surface area contributed by atoms with Gasteiger partial charge in [-0.15, -0.1) is 0 Å². The number of benzene rings is 3. The first-order valence-electron chi connectivity index (χ1n) is 9.90. The Kier molecular flexibility index (Phi) is 5.80. The summed E-state index contributed by atoms with van der Waals surface area (Å²) in [6, 6.07) is 25.9. The van der Waals surface area contributed by atoms with Crippen LogP contribution in [0.4, 0.5) is 5.69 Å². The first-order chi connectivity index (χ1) is 14.7. The van der Waals surface area contributed by atoms with Gasteiger partial charge in [0.25, 0.3) is 0 Å². The molecule has 0 saturated carbocycles. The summed E-state index contributed by atoms with van der Waals surface area (Å²) in [5, 5.41) is 0. The van der Waals surface area contributed by atoms with Crippen molar-refractivity contribution in [2.24, 2.45) is 5.92 Å². The predicted molar refractivity (Wildman–Crippen MR) is 115 cm³/mol. The van der Waals surface area contributed by atoms with Gasteiger partial charge in [0.2, 0.25) is 5.91 Å². The third kappa shape index (κ3) is 4.06. The number of hydrogen-bond donors (Lipinski definition) is 0. The molecule has 30 heavy (non-hydrogen) atoms. The van der Waals surface area contributed by atoms with Crippen molar-refractivity contribution in [3.63, 3.8) is 0 Å². The van der Waals surface area contributed by atoms with E-state index in [2.05, 4.69) is 0 Å². The lowest BCUT2D eigenvalue weighted by Crippen LogP contribution is -2.64. The minimum atomic E-state index is -0.386. The average Bonchev–Trinajstić information content (AvgIpc) is 2.81. The van der Waals surface area contributed by atoms with E-state index in [4.69, 9.17) is 9.47 Å². The summed E-state index contributed by atoms with van der Waals surface area (Å²) >= 11 is 0. The Bertz CT molecular complexity index is 1000. The highest BCUT2D eigenvalue weighted by Crippen LogP contribution is 2.36. The van der Waals surface area contributed by atoms with Gasteiger partial charge < -0.3 is 14.4 Å². The highest BCUT2D eigenvalue weighted by molar-refractivity contribution is 6.03. The molecular weight excluding hydrogens is 378 g/mol. The molecule has 0 N–H and O–H groups in total. The van der Waals surface area contributed by atoms with Crippen LogP contribution in [0.2, 0.25) is 0 Å². The van der Waals surface area contributed by atoms with Crippen LogP contribution >= 0.6 is 0 Å². The van der Waals surface area contributed by atoms with Crippen LogP contribution in [0.3, 0.4) is 0 Å². The molecule has 152 valence electrons. The Labute approximate surface area is 175 Å². The van der Waals surface area contributed by atoms with Crippen molar-refractivity contribution in [1.82, 2.24) is 0 Å². The number of methoxy groups -OCH3 is 1. The van der Waals surface area contributed by atoms with Gasteiger partial charge in [-0.2, -0.15) is 0 Å². The minimum absolute atomic E-state index is 0.0322. The number of amides is 1. The molecule has 0 radical (unpaired) electrons. The second-order valence-electron chi connectivity index (χ2n) is 7.23. The van der Waals surface area contributed by atoms with E-state index >= 15 is 0 Å². The van der Waals surface area contributed by atoms with E-state index in [0.29, 0.717) is 12.0 Å². The lowest BCUT2D eigenvalue weighted by Gasteiger charge is -2.47. The molecule has 0 aromatic heterocycles. The van der Waals surface area contributed by atoms with Gasteiger partial charge >= 0.3 is 5.97 Å². The Morgan fingerprint density at radius 2 is 1.53 bits per heavy atom. The van der Waals surface area contributed by atoms with E-state index in [1.165, 1.54) is 0 Å². The second-order valence-corrected chi connectivity index (χ2v) is 7.23. The summed E-state index contributed by atoms with van der Waals surface area (Å²) in [4.78, 5) is 27.1. The maximum Gasteiger partial charge on any atom is 0.338 e. The Morgan fingerprint density at radius 1 is 0.900 bits per heavy atom. The number of carbonyl (C=O) groups excluding carboxylic acids is 2. The summed E-state index contributed by atoms with van der Waals surface area (Å²) < 4.78 is 10.8. The van der Waals surface area contributed by atoms with Crippen molar-refractivity contribution in [3.8, 4) is 5.75 Å². The predicted octanol–water partition coefficient (Wildman–Crippen LogP) is 4.13. The molecule has 3 aromatic rings. The summed E-state index contributed by atoms with van der Waals surface area (Å²) in [7, 11) is 1.60. The Morgan fingerprint density at radius 3 is 2.17 bits per heavy atom. The van der Waals surface area contributed by atoms with E-state index in [1.807, 2.05) is 60.7 Å². The van der Waals surface area contributed by atoms with Crippen LogP contribution in [0.5, 0.6) is 5.75 Å². The number of hydrogen-bond acceptors (Lipinski definition) is 4. The van der Waals surface area contributed by atoms with Gasteiger partial charge in [0, 0.05) is 5.69 Å². The number of anilines is 1. The SMILES string of the molecule is COc1ccc(N2C(=O)[C@@H](Cc3ccccc3)[C@H]2COC(=O)c2ccccc2)cc1. The zero-order valence-corrected chi connectivity index (χ0v) is 16.7. The minimum Gasteiger partial charge on any atom is -0.497 e. The van der Waals surface area contributed by atoms with E-state index < -0.39 is 0 Å². The maximum absolute atomic E-state index is 13.0. The second kappa shape index (κ2) is 8.82. The van der Waals surface area contributed by atoms with Gasteiger partial charge in [-0.3, -0.25) is 4.79 Å². The number of ether oxygens (including phenoxy) is 2. The third-order valence-electron chi connectivity index (χ3n) is 5.39. The Balaban J connectivity index is 1.52. The zero-order valence-electron chi connectivity index (χ0n) is 16.7. The maximum atomic E-state index is 13.0. The van der Waals surface area contributed by atoms with E-state index in [1.54, 1.807) is 36.3 Å². The number of carbonyl (C=O) groups is 2. The number of esters is 1. The smallest absolute Gasteiger partial charge is 0.338 e. The van der Waals surface area contributed by atoms with Crippen molar-refractivity contribution in [2.45, 2.75) is 12.5 Å². The van der Waals surface area contributed by atoms with Crippen molar-refractivity contribution in [3.05, 3.63) is 96.1 Å². The third-order valence-corrected chi connectivity index (χ3v) is 5.39. The lowest BCUT2D eigenvalue weighted by molar-refractivity contribution is -0.131. The van der Waals surface area contributed by atoms with Gasteiger partial charge in [0.15, 0.2) is 0 Å². The van der Waals surface area contributed by atoms with Crippen molar-refractivity contribution in [1.29, 1.82) is 0 Å². The molecule has 1 fully saturated rings. The fourth-order valence-electron chi connectivity index (χ4n) is 3.77. The van der Waals surface area contributed by atoms with Gasteiger partial charge in [0.05, 0.1) is 24.6 Å². The highest BCUT2D eigenvalue weighted by atomic mass is 16.5. The molecule has 1 saturated heterocycles. The summed E-state index contributed by atoms with van der Waals surface area (Å²) in [5.41, 5.74) is 2.36. The van der Waals surface area contributed by atoms with Crippen molar-refractivity contribution in [2.75, 3.05) is 18.6 Å². The molecule has 0 aliphatic carbocycles. The lowest BCUT2D eigenvalue weighted by atomic mass is 9.82. The highest BCUT2D eigenvalue weighted by Gasteiger charge is 2.48. The molecule has 1 heterocycles. The van der Waals surface area contributed by atoms with Crippen LogP contribution in [0.15, 0.2) is 84.9 Å². The summed E-state index contributed by atoms with van der Waals surface area (Å²) in [6.45, 7) is 0.142. The van der Waals surface area contributed by atoms with Crippen molar-refractivity contribution >= 4 is 17.6 Å². The van der Waals surface area contributed by atoms with Crippen LogP contribution < -0.4 is 9.64 Å². The van der Waals surface area contributed by atoms with Gasteiger partial charge in [0.1, 0.15) is 12.4 Å². The Hall–Kier alpha value is -3.60. The van der Waals surface area contributed by atoms with Crippen LogP contribution in [0.25, 0.3) is 0 Å². The molecular formula is C25H23NO4.